The van der Waals surface area contributed by atoms with Crippen molar-refractivity contribution in [2.75, 3.05) is 38.6 Å². The van der Waals surface area contributed by atoms with Gasteiger partial charge in [0.15, 0.2) is 0 Å². The van der Waals surface area contributed by atoms with Crippen LogP contribution in [0.4, 0.5) is 4.39 Å². The van der Waals surface area contributed by atoms with Crippen molar-refractivity contribution >= 4 is 40.2 Å². The summed E-state index contributed by atoms with van der Waals surface area (Å²) in [5.41, 5.74) is 0.398. The van der Waals surface area contributed by atoms with Crippen LogP contribution in [0.5, 0.6) is 0 Å². The Bertz CT molecular complexity index is 1160. The molecule has 1 aliphatic rings. The fourth-order valence-corrected chi connectivity index (χ4v) is 4.61. The molecular weight excluding hydrogens is 453 g/mol. The molecule has 9 heteroatoms. The number of H-pyrrole nitrogens is 1. The molecule has 0 spiro atoms. The van der Waals surface area contributed by atoms with E-state index in [1.807, 2.05) is 0 Å². The van der Waals surface area contributed by atoms with Crippen LogP contribution >= 0.6 is 23.4 Å². The van der Waals surface area contributed by atoms with Gasteiger partial charge >= 0.3 is 0 Å². The number of ether oxygens (including phenoxy) is 1. The number of aromatic amines is 1. The molecule has 0 bridgehead atoms. The summed E-state index contributed by atoms with van der Waals surface area (Å²) in [6, 6.07) is 10.1. The molecule has 1 aliphatic heterocycles. The number of fused-ring (bicyclic) bond motifs is 1. The Morgan fingerprint density at radius 2 is 1.97 bits per heavy atom. The minimum Gasteiger partial charge on any atom is -0.379 e. The topological polar surface area (TPSA) is 74.4 Å². The normalized spacial score (nSPS) is 14.6. The van der Waals surface area contributed by atoms with Crippen molar-refractivity contribution in [1.29, 1.82) is 0 Å². The maximum Gasteiger partial charge on any atom is 0.257 e. The van der Waals surface area contributed by atoms with Crippen LogP contribution < -0.4 is 10.7 Å². The summed E-state index contributed by atoms with van der Waals surface area (Å²) in [5, 5.41) is 3.49. The molecule has 0 atom stereocenters. The number of benzene rings is 2. The molecule has 2 heterocycles. The molecule has 0 aliphatic carbocycles. The van der Waals surface area contributed by atoms with Gasteiger partial charge in [0.1, 0.15) is 11.4 Å². The van der Waals surface area contributed by atoms with E-state index in [0.29, 0.717) is 9.92 Å². The van der Waals surface area contributed by atoms with Crippen LogP contribution in [-0.2, 0) is 11.3 Å². The van der Waals surface area contributed by atoms with E-state index < -0.39 is 17.2 Å². The maximum absolute atomic E-state index is 14.6. The lowest BCUT2D eigenvalue weighted by atomic mass is 10.1. The van der Waals surface area contributed by atoms with E-state index in [1.54, 1.807) is 30.3 Å². The second-order valence-electron chi connectivity index (χ2n) is 7.47. The quantitative estimate of drug-likeness (QED) is 0.510. The van der Waals surface area contributed by atoms with Gasteiger partial charge in [-0.15, -0.1) is 11.8 Å². The molecule has 1 amide bonds. The van der Waals surface area contributed by atoms with E-state index >= 15 is 0 Å². The zero-order valence-corrected chi connectivity index (χ0v) is 18.9. The van der Waals surface area contributed by atoms with Crippen LogP contribution in [0.25, 0.3) is 10.9 Å². The molecule has 0 unspecified atom stereocenters. The van der Waals surface area contributed by atoms with Gasteiger partial charge < -0.3 is 15.0 Å². The molecule has 168 valence electrons. The number of carbonyl (C=O) groups excluding carboxylic acids is 1. The molecule has 6 nitrogen and oxygen atoms in total. The van der Waals surface area contributed by atoms with Crippen molar-refractivity contribution in [3.63, 3.8) is 0 Å². The standard InChI is InChI=1S/C23H23ClFN3O3S/c24-16-3-1-15(2-4-16)13-27-23(30)19-14-26-21-18(22(19)29)11-17(12-20(21)25)32-10-7-28-5-8-31-9-6-28/h1-4,11-12,14H,5-10,13H2,(H,26,29)(H,27,30). The Hall–Kier alpha value is -2.39. The van der Waals surface area contributed by atoms with Gasteiger partial charge in [0, 0.05) is 48.0 Å². The first-order chi connectivity index (χ1) is 15.5. The van der Waals surface area contributed by atoms with Gasteiger partial charge in [0.2, 0.25) is 5.43 Å². The van der Waals surface area contributed by atoms with Crippen molar-refractivity contribution < 1.29 is 13.9 Å². The number of rotatable bonds is 7. The van der Waals surface area contributed by atoms with Crippen LogP contribution in [0.2, 0.25) is 5.02 Å². The first-order valence-corrected chi connectivity index (χ1v) is 11.7. The van der Waals surface area contributed by atoms with Gasteiger partial charge in [0.25, 0.3) is 5.91 Å². The van der Waals surface area contributed by atoms with Gasteiger partial charge in [0.05, 0.1) is 24.1 Å². The smallest absolute Gasteiger partial charge is 0.257 e. The van der Waals surface area contributed by atoms with Crippen molar-refractivity contribution in [1.82, 2.24) is 15.2 Å². The van der Waals surface area contributed by atoms with E-state index in [9.17, 15) is 14.0 Å². The lowest BCUT2D eigenvalue weighted by molar-refractivity contribution is 0.0410. The molecule has 1 aromatic heterocycles. The molecule has 32 heavy (non-hydrogen) atoms. The SMILES string of the molecule is O=C(NCc1ccc(Cl)cc1)c1c[nH]c2c(F)cc(SCCN3CCOCC3)cc2c1=O. The average molecular weight is 476 g/mol. The Morgan fingerprint density at radius 1 is 1.22 bits per heavy atom. The number of nitrogens with one attached hydrogen (secondary N) is 2. The lowest BCUT2D eigenvalue weighted by Crippen LogP contribution is -2.37. The average Bonchev–Trinajstić information content (AvgIpc) is 2.80. The summed E-state index contributed by atoms with van der Waals surface area (Å²) in [4.78, 5) is 31.3. The number of hydrogen-bond donors (Lipinski definition) is 2. The third kappa shape index (κ3) is 5.50. The summed E-state index contributed by atoms with van der Waals surface area (Å²) >= 11 is 7.36. The van der Waals surface area contributed by atoms with Crippen LogP contribution in [0, 0.1) is 5.82 Å². The van der Waals surface area contributed by atoms with Gasteiger partial charge in [-0.05, 0) is 29.8 Å². The summed E-state index contributed by atoms with van der Waals surface area (Å²) in [7, 11) is 0. The molecule has 4 rings (SSSR count). The number of nitrogens with zero attached hydrogens (tertiary/aromatic N) is 1. The summed E-state index contributed by atoms with van der Waals surface area (Å²) in [5.74, 6) is -0.264. The largest absolute Gasteiger partial charge is 0.379 e. The molecule has 3 aromatic rings. The highest BCUT2D eigenvalue weighted by Gasteiger charge is 2.16. The van der Waals surface area contributed by atoms with Crippen molar-refractivity contribution in [3.05, 3.63) is 74.8 Å². The minimum atomic E-state index is -0.520. The summed E-state index contributed by atoms with van der Waals surface area (Å²) < 4.78 is 20.0. The maximum atomic E-state index is 14.6. The van der Waals surface area contributed by atoms with Gasteiger partial charge in [-0.3, -0.25) is 14.5 Å². The highest BCUT2D eigenvalue weighted by atomic mass is 35.5. The van der Waals surface area contributed by atoms with Crippen LogP contribution in [0.1, 0.15) is 15.9 Å². The van der Waals surface area contributed by atoms with E-state index in [1.165, 1.54) is 24.0 Å². The fourth-order valence-electron chi connectivity index (χ4n) is 3.51. The molecule has 2 N–H and O–H groups in total. The number of halogens is 2. The van der Waals surface area contributed by atoms with Gasteiger partial charge in [-0.2, -0.15) is 0 Å². The van der Waals surface area contributed by atoms with Gasteiger partial charge in [-0.25, -0.2) is 4.39 Å². The highest BCUT2D eigenvalue weighted by Crippen LogP contribution is 2.24. The van der Waals surface area contributed by atoms with E-state index in [-0.39, 0.29) is 23.0 Å². The fraction of sp³-hybridized carbons (Fsp3) is 0.304. The minimum absolute atomic E-state index is 0.0543. The molecule has 1 fully saturated rings. The number of thioether (sulfide) groups is 1. The van der Waals surface area contributed by atoms with Crippen molar-refractivity contribution in [3.8, 4) is 0 Å². The zero-order chi connectivity index (χ0) is 22.5. The lowest BCUT2D eigenvalue weighted by Gasteiger charge is -2.26. The Balaban J connectivity index is 1.47. The second-order valence-corrected chi connectivity index (χ2v) is 9.08. The van der Waals surface area contributed by atoms with E-state index in [2.05, 4.69) is 15.2 Å². The molecule has 1 saturated heterocycles. The number of pyridine rings is 1. The van der Waals surface area contributed by atoms with E-state index in [4.69, 9.17) is 16.3 Å². The number of aromatic nitrogens is 1. The van der Waals surface area contributed by atoms with Crippen LogP contribution in [0.3, 0.4) is 0 Å². The number of amides is 1. The second kappa shape index (κ2) is 10.5. The van der Waals surface area contributed by atoms with Crippen LogP contribution in [0.15, 0.2) is 52.3 Å². The van der Waals surface area contributed by atoms with Crippen molar-refractivity contribution in [2.24, 2.45) is 0 Å². The van der Waals surface area contributed by atoms with E-state index in [0.717, 1.165) is 44.2 Å². The zero-order valence-electron chi connectivity index (χ0n) is 17.3. The Morgan fingerprint density at radius 3 is 2.72 bits per heavy atom. The number of hydrogen-bond acceptors (Lipinski definition) is 5. The summed E-state index contributed by atoms with van der Waals surface area (Å²) in [6.45, 7) is 4.35. The predicted molar refractivity (Wildman–Crippen MR) is 125 cm³/mol. The molecule has 0 radical (unpaired) electrons. The monoisotopic (exact) mass is 475 g/mol. The first-order valence-electron chi connectivity index (χ1n) is 10.3. The first kappa shape index (κ1) is 22.8. The molecule has 2 aromatic carbocycles. The highest BCUT2D eigenvalue weighted by molar-refractivity contribution is 7.99. The Labute approximate surface area is 194 Å². The predicted octanol–water partition coefficient (Wildman–Crippen LogP) is 3.67. The summed E-state index contributed by atoms with van der Waals surface area (Å²) in [6.07, 6.45) is 1.26. The Kier molecular flexibility index (Phi) is 7.47. The third-order valence-corrected chi connectivity index (χ3v) is 6.51. The number of carbonyl (C=O) groups is 1. The molecular formula is C23H23ClFN3O3S. The third-order valence-electron chi connectivity index (χ3n) is 5.30. The van der Waals surface area contributed by atoms with Gasteiger partial charge in [-0.1, -0.05) is 23.7 Å². The van der Waals surface area contributed by atoms with Crippen LogP contribution in [-0.4, -0.2) is 54.4 Å². The number of morpholine rings is 1. The molecule has 0 saturated carbocycles. The van der Waals surface area contributed by atoms with Crippen molar-refractivity contribution in [2.45, 2.75) is 11.4 Å².